The van der Waals surface area contributed by atoms with Gasteiger partial charge in [-0.25, -0.2) is 0 Å². The van der Waals surface area contributed by atoms with E-state index in [-0.39, 0.29) is 0 Å². The molecule has 0 unspecified atom stereocenters. The molecule has 0 atom stereocenters. The van der Waals surface area contributed by atoms with Crippen molar-refractivity contribution in [1.82, 2.24) is 29.3 Å². The van der Waals surface area contributed by atoms with Crippen molar-refractivity contribution in [2.45, 2.75) is 0 Å². The summed E-state index contributed by atoms with van der Waals surface area (Å²) in [6.45, 7) is 0. The zero-order chi connectivity index (χ0) is 34.2. The first-order chi connectivity index (χ1) is 25.8. The summed E-state index contributed by atoms with van der Waals surface area (Å²) in [7, 11) is 0. The Morgan fingerprint density at radius 3 is 2.12 bits per heavy atom. The van der Waals surface area contributed by atoms with Crippen LogP contribution in [-0.2, 0) is 0 Å². The minimum atomic E-state index is 0.779. The van der Waals surface area contributed by atoms with E-state index in [1.807, 2.05) is 24.4 Å². The lowest BCUT2D eigenvalue weighted by atomic mass is 10.0. The fourth-order valence-electron chi connectivity index (χ4n) is 7.96. The number of benzene rings is 7. The topological polar surface area (TPSA) is 61.4 Å². The molecule has 0 amide bonds. The van der Waals surface area contributed by atoms with Gasteiger partial charge >= 0.3 is 0 Å². The van der Waals surface area contributed by atoms with Crippen LogP contribution in [0, 0.1) is 0 Å². The monoisotopic (exact) mass is 664 g/mol. The van der Waals surface area contributed by atoms with Gasteiger partial charge in [0, 0.05) is 50.6 Å². The summed E-state index contributed by atoms with van der Waals surface area (Å²) in [6.07, 6.45) is 5.28. The summed E-state index contributed by atoms with van der Waals surface area (Å²) in [5.74, 6) is 0.779. The molecular formula is C46H28N6. The van der Waals surface area contributed by atoms with E-state index in [1.165, 1.54) is 32.7 Å². The first-order valence-corrected chi connectivity index (χ1v) is 17.4. The van der Waals surface area contributed by atoms with Gasteiger partial charge in [-0.1, -0.05) is 103 Å². The Labute approximate surface area is 297 Å². The van der Waals surface area contributed by atoms with Gasteiger partial charge in [0.05, 0.1) is 39.5 Å². The molecule has 0 spiro atoms. The standard InChI is InChI=1S/C46H28N6/c1-2-8-29(9-3-1)31-16-20-41-38(24-31)36-19-17-34(27-44(36)52(41)45-26-32-11-5-7-13-39(32)49-50-45)51-42-21-15-30-10-4-6-12-35(30)46(42)37-18-14-33(25-43(37)51)40-28-47-22-23-48-40/h1-28H. The maximum atomic E-state index is 4.80. The molecule has 6 nitrogen and oxygen atoms in total. The molecule has 0 aliphatic heterocycles. The van der Waals surface area contributed by atoms with Crippen molar-refractivity contribution in [2.75, 3.05) is 0 Å². The number of hydrogen-bond acceptors (Lipinski definition) is 4. The second kappa shape index (κ2) is 11.2. The van der Waals surface area contributed by atoms with Crippen molar-refractivity contribution in [2.24, 2.45) is 0 Å². The number of fused-ring (bicyclic) bond motifs is 9. The molecule has 6 heteroatoms. The van der Waals surface area contributed by atoms with Crippen molar-refractivity contribution in [3.8, 4) is 33.9 Å². The van der Waals surface area contributed by atoms with Gasteiger partial charge < -0.3 is 4.57 Å². The Morgan fingerprint density at radius 1 is 0.423 bits per heavy atom. The molecule has 0 fully saturated rings. The summed E-state index contributed by atoms with van der Waals surface area (Å²) in [6, 6.07) is 54.1. The van der Waals surface area contributed by atoms with E-state index in [2.05, 4.69) is 158 Å². The van der Waals surface area contributed by atoms with Crippen LogP contribution >= 0.6 is 0 Å². The zero-order valence-electron chi connectivity index (χ0n) is 27.8. The summed E-state index contributed by atoms with van der Waals surface area (Å²) in [5.41, 5.74) is 10.5. The predicted molar refractivity (Wildman–Crippen MR) is 212 cm³/mol. The van der Waals surface area contributed by atoms with Gasteiger partial charge in [-0.15, -0.1) is 10.2 Å². The zero-order valence-corrected chi connectivity index (χ0v) is 27.8. The van der Waals surface area contributed by atoms with E-state index in [0.717, 1.165) is 66.5 Å². The highest BCUT2D eigenvalue weighted by atomic mass is 15.2. The van der Waals surface area contributed by atoms with Crippen molar-refractivity contribution in [3.63, 3.8) is 0 Å². The third-order valence-electron chi connectivity index (χ3n) is 10.3. The van der Waals surface area contributed by atoms with Crippen molar-refractivity contribution < 1.29 is 0 Å². The molecule has 242 valence electrons. The summed E-state index contributed by atoms with van der Waals surface area (Å²) in [5, 5.41) is 17.7. The van der Waals surface area contributed by atoms with Crippen molar-refractivity contribution in [1.29, 1.82) is 0 Å². The molecule has 11 rings (SSSR count). The highest BCUT2D eigenvalue weighted by molar-refractivity contribution is 6.22. The van der Waals surface area contributed by atoms with Crippen molar-refractivity contribution >= 4 is 65.3 Å². The first-order valence-electron chi connectivity index (χ1n) is 17.4. The van der Waals surface area contributed by atoms with Gasteiger partial charge in [-0.05, 0) is 70.4 Å². The lowest BCUT2D eigenvalue weighted by molar-refractivity contribution is 0.980. The van der Waals surface area contributed by atoms with Crippen LogP contribution in [0.4, 0.5) is 0 Å². The van der Waals surface area contributed by atoms with Gasteiger partial charge in [0.1, 0.15) is 0 Å². The Morgan fingerprint density at radius 2 is 1.21 bits per heavy atom. The van der Waals surface area contributed by atoms with Crippen LogP contribution < -0.4 is 0 Å². The molecule has 0 N–H and O–H groups in total. The molecule has 0 bridgehead atoms. The van der Waals surface area contributed by atoms with Gasteiger partial charge in [0.25, 0.3) is 0 Å². The maximum absolute atomic E-state index is 4.80. The van der Waals surface area contributed by atoms with E-state index >= 15 is 0 Å². The number of aromatic nitrogens is 6. The SMILES string of the molecule is c1ccc(-c2ccc3c(c2)c2ccc(-n4c5cc(-c6cnccn6)ccc5c5c6ccccc6ccc54)cc2n3-c2cc3ccccc3nn2)cc1. The lowest BCUT2D eigenvalue weighted by Gasteiger charge is -2.11. The van der Waals surface area contributed by atoms with E-state index in [1.54, 1.807) is 12.4 Å². The fraction of sp³-hybridized carbons (Fsp3) is 0. The van der Waals surface area contributed by atoms with Crippen LogP contribution in [-0.4, -0.2) is 29.3 Å². The third-order valence-corrected chi connectivity index (χ3v) is 10.3. The quantitative estimate of drug-likeness (QED) is 0.188. The molecule has 4 aromatic heterocycles. The number of rotatable bonds is 4. The number of hydrogen-bond donors (Lipinski definition) is 0. The Balaban J connectivity index is 1.23. The second-order valence-corrected chi connectivity index (χ2v) is 13.2. The molecule has 0 aliphatic carbocycles. The summed E-state index contributed by atoms with van der Waals surface area (Å²) >= 11 is 0. The Hall–Kier alpha value is -7.18. The van der Waals surface area contributed by atoms with Crippen molar-refractivity contribution in [3.05, 3.63) is 170 Å². The van der Waals surface area contributed by atoms with E-state index in [4.69, 9.17) is 5.10 Å². The predicted octanol–water partition coefficient (Wildman–Crippen LogP) is 11.1. The molecule has 7 aromatic carbocycles. The van der Waals surface area contributed by atoms with E-state index in [0.29, 0.717) is 0 Å². The molecule has 52 heavy (non-hydrogen) atoms. The van der Waals surface area contributed by atoms with E-state index in [9.17, 15) is 0 Å². The maximum Gasteiger partial charge on any atom is 0.160 e. The third kappa shape index (κ3) is 4.31. The molecule has 0 saturated heterocycles. The smallest absolute Gasteiger partial charge is 0.160 e. The summed E-state index contributed by atoms with van der Waals surface area (Å²) in [4.78, 5) is 9.00. The van der Waals surface area contributed by atoms with Gasteiger partial charge in [0.2, 0.25) is 0 Å². The average Bonchev–Trinajstić information content (AvgIpc) is 3.73. The van der Waals surface area contributed by atoms with Gasteiger partial charge in [-0.3, -0.25) is 14.5 Å². The minimum absolute atomic E-state index is 0.779. The highest BCUT2D eigenvalue weighted by Gasteiger charge is 2.20. The summed E-state index contributed by atoms with van der Waals surface area (Å²) < 4.78 is 4.65. The lowest BCUT2D eigenvalue weighted by Crippen LogP contribution is -2.00. The van der Waals surface area contributed by atoms with Crippen LogP contribution in [0.2, 0.25) is 0 Å². The largest absolute Gasteiger partial charge is 0.309 e. The molecule has 0 radical (unpaired) electrons. The normalized spacial score (nSPS) is 11.8. The molecule has 0 saturated carbocycles. The van der Waals surface area contributed by atoms with Gasteiger partial charge in [-0.2, -0.15) is 0 Å². The van der Waals surface area contributed by atoms with Crippen LogP contribution in [0.1, 0.15) is 0 Å². The van der Waals surface area contributed by atoms with E-state index < -0.39 is 0 Å². The second-order valence-electron chi connectivity index (χ2n) is 13.2. The average molecular weight is 665 g/mol. The van der Waals surface area contributed by atoms with Gasteiger partial charge in [0.15, 0.2) is 5.82 Å². The van der Waals surface area contributed by atoms with Crippen LogP contribution in [0.15, 0.2) is 170 Å². The Bertz CT molecular complexity index is 3180. The first kappa shape index (κ1) is 28.6. The van der Waals surface area contributed by atoms with Crippen LogP contribution in [0.3, 0.4) is 0 Å². The fourth-order valence-corrected chi connectivity index (χ4v) is 7.96. The van der Waals surface area contributed by atoms with Crippen LogP contribution in [0.25, 0.3) is 99.2 Å². The molecule has 0 aliphatic rings. The molecule has 4 heterocycles. The Kier molecular flexibility index (Phi) is 6.15. The molecule has 11 aromatic rings. The minimum Gasteiger partial charge on any atom is -0.309 e. The van der Waals surface area contributed by atoms with Crippen LogP contribution in [0.5, 0.6) is 0 Å². The number of nitrogens with zero attached hydrogens (tertiary/aromatic N) is 6. The highest BCUT2D eigenvalue weighted by Crippen LogP contribution is 2.41. The molecular weight excluding hydrogens is 637 g/mol.